The number of hydrogen-bond acceptors (Lipinski definition) is 8. The number of likely N-dealkylation sites (tertiary alicyclic amines) is 2. The molecule has 0 spiro atoms. The number of β-amino-alcohol motifs (C(OH)–C–C–N with tert-alkyl or cyclic N) is 1. The van der Waals surface area contributed by atoms with Gasteiger partial charge in [-0.3, -0.25) is 13.8 Å². The maximum atomic E-state index is 14.2. The first-order valence-electron chi connectivity index (χ1n) is 16.9. The van der Waals surface area contributed by atoms with Crippen molar-refractivity contribution in [1.82, 2.24) is 28.2 Å². The molecule has 0 saturated carbocycles. The largest absolute Gasteiger partial charge is 0.416 e. The summed E-state index contributed by atoms with van der Waals surface area (Å²) < 4.78 is 71.5. The Hall–Kier alpha value is -3.64. The third kappa shape index (κ3) is 8.71. The zero-order valence-electron chi connectivity index (χ0n) is 28.2. The number of fused-ring (bicyclic) bond motifs is 1. The molecule has 0 bridgehead atoms. The number of urea groups is 1. The lowest BCUT2D eigenvalue weighted by molar-refractivity contribution is -0.138. The Balaban J connectivity index is 1.24. The number of nitrogens with zero attached hydrogens (tertiary/aromatic N) is 6. The Morgan fingerprint density at radius 1 is 1.08 bits per heavy atom. The second-order valence-corrected chi connectivity index (χ2v) is 15.9. The second-order valence-electron chi connectivity index (χ2n) is 13.4. The van der Waals surface area contributed by atoms with E-state index in [-0.39, 0.29) is 37.1 Å². The highest BCUT2D eigenvalue weighted by Crippen LogP contribution is 2.37. The van der Waals surface area contributed by atoms with Gasteiger partial charge in [-0.15, -0.1) is 0 Å². The Bertz CT molecular complexity index is 1850. The Morgan fingerprint density at radius 2 is 1.80 bits per heavy atom. The van der Waals surface area contributed by atoms with Crippen molar-refractivity contribution < 1.29 is 36.3 Å². The van der Waals surface area contributed by atoms with Crippen molar-refractivity contribution in [2.45, 2.75) is 70.1 Å². The number of amides is 3. The van der Waals surface area contributed by atoms with Gasteiger partial charge in [-0.1, -0.05) is 37.1 Å². The van der Waals surface area contributed by atoms with Crippen LogP contribution < -0.4 is 5.32 Å². The minimum atomic E-state index is -4.73. The van der Waals surface area contributed by atoms with Gasteiger partial charge in [0.2, 0.25) is 15.9 Å². The van der Waals surface area contributed by atoms with Crippen molar-refractivity contribution in [2.24, 2.45) is 0 Å². The first-order chi connectivity index (χ1) is 24.2. The van der Waals surface area contributed by atoms with Gasteiger partial charge in [-0.2, -0.15) is 22.6 Å². The summed E-state index contributed by atoms with van der Waals surface area (Å²) in [7, 11) is -3.59. The topological polar surface area (TPSA) is 131 Å². The molecule has 276 valence electrons. The second kappa shape index (κ2) is 15.1. The van der Waals surface area contributed by atoms with Crippen LogP contribution in [-0.2, 0) is 47.0 Å². The number of anilines is 1. The fourth-order valence-electron chi connectivity index (χ4n) is 7.25. The Labute approximate surface area is 300 Å². The first kappa shape index (κ1) is 37.1. The van der Waals surface area contributed by atoms with E-state index in [0.29, 0.717) is 47.6 Å². The Kier molecular flexibility index (Phi) is 11.0. The molecule has 6 rings (SSSR count). The number of nitrogens with one attached hydrogen (secondary N) is 1. The quantitative estimate of drug-likeness (QED) is 0.265. The van der Waals surface area contributed by atoms with E-state index in [9.17, 15) is 36.3 Å². The number of halogens is 3. The number of hydrogen-bond donors (Lipinski definition) is 3. The monoisotopic (exact) mass is 749 g/mol. The number of aromatic nitrogens is 2. The van der Waals surface area contributed by atoms with E-state index >= 15 is 0 Å². The fraction of sp³-hybridized carbons (Fsp3) is 0.500. The highest BCUT2D eigenvalue weighted by molar-refractivity contribution is 7.88. The molecule has 2 fully saturated rings. The highest BCUT2D eigenvalue weighted by atomic mass is 32.2. The number of sulfonamides is 1. The van der Waals surface area contributed by atoms with Gasteiger partial charge in [0.25, 0.3) is 0 Å². The van der Waals surface area contributed by atoms with Crippen LogP contribution in [0, 0.1) is 0 Å². The van der Waals surface area contributed by atoms with E-state index in [1.807, 2.05) is 4.90 Å². The Morgan fingerprint density at radius 3 is 2.45 bits per heavy atom. The molecule has 51 heavy (non-hydrogen) atoms. The van der Waals surface area contributed by atoms with Crippen LogP contribution in [0.4, 0.5) is 23.7 Å². The standard InChI is InChI=1S/C34H42F3N7O5S2/c1-51(48,49)41-17-13-30-28(22-41)32(39-43(30)21-27(45)20-40-15-11-26(12-16-40)42-14-5-8-31(42)46)23-9-10-29(34(35,36)37)24(18-23)19-44(50)33(47)38-25-6-3-2-4-7-25/h2-4,6-7,9-10,18,26-27,45,50H,5,8,11-17,19-22H2,1H3,(H,38,47). The van der Waals surface area contributed by atoms with Crippen LogP contribution in [0.1, 0.15) is 48.1 Å². The minimum absolute atomic E-state index is 0.0309. The van der Waals surface area contributed by atoms with Crippen LogP contribution in [0.3, 0.4) is 0 Å². The summed E-state index contributed by atoms with van der Waals surface area (Å²) >= 11 is 4.19. The van der Waals surface area contributed by atoms with E-state index in [2.05, 4.69) is 23.0 Å². The third-order valence-electron chi connectivity index (χ3n) is 9.79. The number of rotatable bonds is 10. The van der Waals surface area contributed by atoms with Crippen molar-refractivity contribution in [3.05, 3.63) is 70.9 Å². The van der Waals surface area contributed by atoms with Crippen molar-refractivity contribution in [3.8, 4) is 11.3 Å². The lowest BCUT2D eigenvalue weighted by Gasteiger charge is -2.37. The van der Waals surface area contributed by atoms with Gasteiger partial charge >= 0.3 is 12.2 Å². The molecule has 1 atom stereocenters. The number of aliphatic hydroxyl groups excluding tert-OH is 1. The van der Waals surface area contributed by atoms with Crippen LogP contribution in [0.2, 0.25) is 0 Å². The van der Waals surface area contributed by atoms with E-state index in [0.717, 1.165) is 55.5 Å². The number of piperidine rings is 1. The molecule has 3 aromatic rings. The van der Waals surface area contributed by atoms with Crippen molar-refractivity contribution >= 4 is 40.5 Å². The minimum Gasteiger partial charge on any atom is -0.390 e. The predicted molar refractivity (Wildman–Crippen MR) is 188 cm³/mol. The van der Waals surface area contributed by atoms with Gasteiger partial charge < -0.3 is 20.2 Å². The molecule has 3 aliphatic heterocycles. The number of benzene rings is 2. The summed E-state index contributed by atoms with van der Waals surface area (Å²) in [5, 5.41) is 18.6. The van der Waals surface area contributed by atoms with Gasteiger partial charge in [0, 0.05) is 80.7 Å². The summed E-state index contributed by atoms with van der Waals surface area (Å²) in [6.45, 7) is 2.40. The average molecular weight is 750 g/mol. The molecule has 12 nitrogen and oxygen atoms in total. The summed E-state index contributed by atoms with van der Waals surface area (Å²) in [4.78, 5) is 29.2. The molecule has 3 amide bonds. The molecule has 3 aliphatic rings. The van der Waals surface area contributed by atoms with Gasteiger partial charge in [-0.25, -0.2) is 13.2 Å². The van der Waals surface area contributed by atoms with Gasteiger partial charge in [-0.05, 0) is 49.1 Å². The number of thiol groups is 1. The number of carbonyl (C=O) groups excluding carboxylic acids is 2. The average Bonchev–Trinajstić information content (AvgIpc) is 3.67. The third-order valence-corrected chi connectivity index (χ3v) is 11.4. The zero-order valence-corrected chi connectivity index (χ0v) is 29.9. The lowest BCUT2D eigenvalue weighted by atomic mass is 9.97. The van der Waals surface area contributed by atoms with Crippen LogP contribution in [-0.4, -0.2) is 105 Å². The molecule has 0 radical (unpaired) electrons. The summed E-state index contributed by atoms with van der Waals surface area (Å²) in [5.41, 5.74) is 1.13. The molecular weight excluding hydrogens is 708 g/mol. The van der Waals surface area contributed by atoms with Crippen molar-refractivity contribution in [3.63, 3.8) is 0 Å². The van der Waals surface area contributed by atoms with Crippen LogP contribution in [0.25, 0.3) is 11.3 Å². The lowest BCUT2D eigenvalue weighted by Crippen LogP contribution is -2.47. The number of para-hydroxylation sites is 1. The number of aliphatic hydroxyl groups is 1. The molecule has 2 aromatic carbocycles. The number of carbonyl (C=O) groups is 2. The predicted octanol–water partition coefficient (Wildman–Crippen LogP) is 4.21. The summed E-state index contributed by atoms with van der Waals surface area (Å²) in [6, 6.07) is 11.5. The van der Waals surface area contributed by atoms with Gasteiger partial charge in [0.1, 0.15) is 0 Å². The van der Waals surface area contributed by atoms with Gasteiger partial charge in [0.15, 0.2) is 0 Å². The first-order valence-corrected chi connectivity index (χ1v) is 19.2. The van der Waals surface area contributed by atoms with Crippen LogP contribution >= 0.6 is 12.8 Å². The van der Waals surface area contributed by atoms with E-state index in [4.69, 9.17) is 5.10 Å². The van der Waals surface area contributed by atoms with E-state index in [1.165, 1.54) is 16.4 Å². The molecule has 2 saturated heterocycles. The molecule has 2 N–H and O–H groups in total. The van der Waals surface area contributed by atoms with E-state index < -0.39 is 40.4 Å². The molecule has 1 aromatic heterocycles. The van der Waals surface area contributed by atoms with Crippen LogP contribution in [0.15, 0.2) is 48.5 Å². The zero-order chi connectivity index (χ0) is 36.5. The van der Waals surface area contributed by atoms with Gasteiger partial charge in [0.05, 0.1) is 36.7 Å². The maximum absolute atomic E-state index is 14.2. The molecule has 4 heterocycles. The fourth-order valence-corrected chi connectivity index (χ4v) is 8.24. The van der Waals surface area contributed by atoms with Crippen molar-refractivity contribution in [2.75, 3.05) is 44.3 Å². The molecule has 17 heteroatoms. The summed E-state index contributed by atoms with van der Waals surface area (Å²) in [6.07, 6.45) is -1.00. The van der Waals surface area contributed by atoms with E-state index in [1.54, 1.807) is 35.0 Å². The SMILES string of the molecule is CS(=O)(=O)N1CCc2c(c(-c3ccc(C(F)(F)F)c(CN(S)C(=O)Nc4ccccc4)c3)nn2CC(O)CN2CCC(N3CCCC3=O)CC2)C1. The maximum Gasteiger partial charge on any atom is 0.416 e. The molecular formula is C34H42F3N7O5S2. The van der Waals surface area contributed by atoms with Crippen molar-refractivity contribution in [1.29, 1.82) is 0 Å². The number of alkyl halides is 3. The molecule has 0 aliphatic carbocycles. The molecule has 1 unspecified atom stereocenters. The van der Waals surface area contributed by atoms with Crippen LogP contribution in [0.5, 0.6) is 0 Å². The normalized spacial score (nSPS) is 18.5. The smallest absolute Gasteiger partial charge is 0.390 e. The summed E-state index contributed by atoms with van der Waals surface area (Å²) in [5.74, 6) is 0.207. The highest BCUT2D eigenvalue weighted by Gasteiger charge is 2.36.